The minimum Gasteiger partial charge on any atom is -0.492 e. The Kier molecular flexibility index (Phi) is 8.37. The summed E-state index contributed by atoms with van der Waals surface area (Å²) in [7, 11) is -0.860. The third-order valence-electron chi connectivity index (χ3n) is 6.71. The zero-order chi connectivity index (χ0) is 28.1. The van der Waals surface area contributed by atoms with E-state index < -0.39 is 16.1 Å². The van der Waals surface area contributed by atoms with Gasteiger partial charge in [0, 0.05) is 49.5 Å². The molecule has 0 radical (unpaired) electrons. The molecule has 1 aromatic heterocycles. The SMILES string of the molecule is CN(C)S(=O)(=O)c1cc(C(O)CNCCOc2ccc3c(c2)[nH]c2ccccc23)ccc1OCc1ccccc1. The molecule has 5 aromatic rings. The molecule has 1 unspecified atom stereocenters. The number of rotatable bonds is 12. The van der Waals surface area contributed by atoms with Gasteiger partial charge in [0.1, 0.15) is 29.6 Å². The molecule has 0 spiro atoms. The third kappa shape index (κ3) is 6.13. The second-order valence-corrected chi connectivity index (χ2v) is 11.8. The number of nitrogens with one attached hydrogen (secondary N) is 2. The largest absolute Gasteiger partial charge is 0.492 e. The number of H-pyrrole nitrogens is 1. The van der Waals surface area contributed by atoms with Crippen LogP contribution in [0.25, 0.3) is 21.8 Å². The van der Waals surface area contributed by atoms with E-state index in [0.29, 0.717) is 18.7 Å². The summed E-state index contributed by atoms with van der Waals surface area (Å²) in [4.78, 5) is 3.43. The molecule has 9 heteroatoms. The molecule has 1 heterocycles. The number of aromatic nitrogens is 1. The van der Waals surface area contributed by atoms with Crippen molar-refractivity contribution in [3.05, 3.63) is 102 Å². The Labute approximate surface area is 234 Å². The number of aliphatic hydroxyl groups is 1. The van der Waals surface area contributed by atoms with Gasteiger partial charge >= 0.3 is 0 Å². The van der Waals surface area contributed by atoms with Crippen LogP contribution in [0.3, 0.4) is 0 Å². The van der Waals surface area contributed by atoms with Gasteiger partial charge in [-0.05, 0) is 41.5 Å². The fourth-order valence-corrected chi connectivity index (χ4v) is 5.57. The molecule has 0 aliphatic carbocycles. The number of aliphatic hydroxyl groups excluding tert-OH is 1. The first-order valence-corrected chi connectivity index (χ1v) is 14.5. The maximum atomic E-state index is 13.0. The highest BCUT2D eigenvalue weighted by Crippen LogP contribution is 2.30. The van der Waals surface area contributed by atoms with Gasteiger partial charge in [-0.15, -0.1) is 0 Å². The van der Waals surface area contributed by atoms with Gasteiger partial charge in [-0.2, -0.15) is 0 Å². The van der Waals surface area contributed by atoms with E-state index in [0.717, 1.165) is 32.0 Å². The molecular formula is C31H33N3O5S. The number of benzene rings is 4. The third-order valence-corrected chi connectivity index (χ3v) is 8.55. The predicted molar refractivity (Wildman–Crippen MR) is 157 cm³/mol. The van der Waals surface area contributed by atoms with E-state index in [-0.39, 0.29) is 23.8 Å². The maximum Gasteiger partial charge on any atom is 0.246 e. The summed E-state index contributed by atoms with van der Waals surface area (Å²) >= 11 is 0. The van der Waals surface area contributed by atoms with Crippen molar-refractivity contribution in [1.29, 1.82) is 0 Å². The smallest absolute Gasteiger partial charge is 0.246 e. The Morgan fingerprint density at radius 1 is 0.875 bits per heavy atom. The van der Waals surface area contributed by atoms with E-state index in [2.05, 4.69) is 22.4 Å². The quantitative estimate of drug-likeness (QED) is 0.189. The fraction of sp³-hybridized carbons (Fsp3) is 0.226. The van der Waals surface area contributed by atoms with Crippen LogP contribution >= 0.6 is 0 Å². The van der Waals surface area contributed by atoms with Gasteiger partial charge in [-0.25, -0.2) is 12.7 Å². The van der Waals surface area contributed by atoms with Crippen molar-refractivity contribution in [3.63, 3.8) is 0 Å². The van der Waals surface area contributed by atoms with E-state index in [1.54, 1.807) is 12.1 Å². The summed E-state index contributed by atoms with van der Waals surface area (Å²) in [5.41, 5.74) is 3.50. The number of hydrogen-bond donors (Lipinski definition) is 3. The molecule has 208 valence electrons. The van der Waals surface area contributed by atoms with Crippen LogP contribution in [-0.2, 0) is 16.6 Å². The highest BCUT2D eigenvalue weighted by Gasteiger charge is 2.24. The molecule has 0 saturated heterocycles. The van der Waals surface area contributed by atoms with Crippen LogP contribution in [0, 0.1) is 0 Å². The fourth-order valence-electron chi connectivity index (χ4n) is 4.51. The molecule has 40 heavy (non-hydrogen) atoms. The van der Waals surface area contributed by atoms with Crippen molar-refractivity contribution in [2.24, 2.45) is 0 Å². The topological polar surface area (TPSA) is 104 Å². The van der Waals surface area contributed by atoms with Gasteiger partial charge in [0.15, 0.2) is 0 Å². The lowest BCUT2D eigenvalue weighted by atomic mass is 10.1. The highest BCUT2D eigenvalue weighted by atomic mass is 32.2. The van der Waals surface area contributed by atoms with E-state index in [1.165, 1.54) is 25.5 Å². The van der Waals surface area contributed by atoms with Gasteiger partial charge in [-0.1, -0.05) is 54.6 Å². The lowest BCUT2D eigenvalue weighted by Gasteiger charge is -2.19. The minimum absolute atomic E-state index is 0.0145. The van der Waals surface area contributed by atoms with Gasteiger partial charge in [0.2, 0.25) is 10.0 Å². The summed E-state index contributed by atoms with van der Waals surface area (Å²) in [6, 6.07) is 28.4. The van der Waals surface area contributed by atoms with Crippen molar-refractivity contribution in [3.8, 4) is 11.5 Å². The van der Waals surface area contributed by atoms with Crippen molar-refractivity contribution in [2.45, 2.75) is 17.6 Å². The van der Waals surface area contributed by atoms with Crippen LogP contribution in [-0.4, -0.2) is 56.6 Å². The predicted octanol–water partition coefficient (Wildman–Crippen LogP) is 4.85. The average Bonchev–Trinajstić information content (AvgIpc) is 3.34. The van der Waals surface area contributed by atoms with Crippen LogP contribution in [0.1, 0.15) is 17.2 Å². The molecule has 1 atom stereocenters. The summed E-state index contributed by atoms with van der Waals surface area (Å²) in [6.45, 7) is 1.37. The Morgan fingerprint density at radius 3 is 2.42 bits per heavy atom. The molecule has 0 amide bonds. The van der Waals surface area contributed by atoms with Crippen molar-refractivity contribution < 1.29 is 23.0 Å². The Hall–Kier alpha value is -3.89. The number of nitrogens with zero attached hydrogens (tertiary/aromatic N) is 1. The Bertz CT molecular complexity index is 1700. The molecule has 0 aliphatic heterocycles. The van der Waals surface area contributed by atoms with Gasteiger partial charge < -0.3 is 24.9 Å². The molecule has 8 nitrogen and oxygen atoms in total. The zero-order valence-corrected chi connectivity index (χ0v) is 23.3. The summed E-state index contributed by atoms with van der Waals surface area (Å²) in [5, 5.41) is 16.3. The number of sulfonamides is 1. The number of hydrogen-bond acceptors (Lipinski definition) is 6. The Balaban J connectivity index is 1.18. The highest BCUT2D eigenvalue weighted by molar-refractivity contribution is 7.89. The molecule has 0 bridgehead atoms. The Morgan fingerprint density at radius 2 is 1.62 bits per heavy atom. The van der Waals surface area contributed by atoms with Crippen LogP contribution < -0.4 is 14.8 Å². The van der Waals surface area contributed by atoms with E-state index in [1.807, 2.05) is 60.7 Å². The van der Waals surface area contributed by atoms with Gasteiger partial charge in [0.25, 0.3) is 0 Å². The van der Waals surface area contributed by atoms with Crippen LogP contribution in [0.15, 0.2) is 95.9 Å². The number of para-hydroxylation sites is 1. The molecule has 4 aromatic carbocycles. The molecule has 0 aliphatic rings. The molecule has 0 fully saturated rings. The molecule has 0 saturated carbocycles. The lowest BCUT2D eigenvalue weighted by Crippen LogP contribution is -2.27. The van der Waals surface area contributed by atoms with Crippen molar-refractivity contribution in [1.82, 2.24) is 14.6 Å². The summed E-state index contributed by atoms with van der Waals surface area (Å²) < 4.78 is 39.0. The number of fused-ring (bicyclic) bond motifs is 3. The second kappa shape index (κ2) is 12.1. The van der Waals surface area contributed by atoms with Crippen LogP contribution in [0.4, 0.5) is 0 Å². The summed E-state index contributed by atoms with van der Waals surface area (Å²) in [6.07, 6.45) is -0.915. The zero-order valence-electron chi connectivity index (χ0n) is 22.5. The lowest BCUT2D eigenvalue weighted by molar-refractivity contribution is 0.171. The minimum atomic E-state index is -3.80. The average molecular weight is 560 g/mol. The van der Waals surface area contributed by atoms with Crippen LogP contribution in [0.5, 0.6) is 11.5 Å². The second-order valence-electron chi connectivity index (χ2n) is 9.71. The maximum absolute atomic E-state index is 13.0. The number of ether oxygens (including phenoxy) is 2. The van der Waals surface area contributed by atoms with Crippen LogP contribution in [0.2, 0.25) is 0 Å². The first-order valence-electron chi connectivity index (χ1n) is 13.1. The molecular weight excluding hydrogens is 526 g/mol. The normalized spacial score (nSPS) is 12.7. The number of aromatic amines is 1. The van der Waals surface area contributed by atoms with E-state index in [4.69, 9.17) is 9.47 Å². The standard InChI is InChI=1S/C31H33N3O5S/c1-34(2)40(36,37)31-18-23(12-15-30(31)39-21-22-8-4-3-5-9-22)29(35)20-32-16-17-38-24-13-14-26-25-10-6-7-11-27(25)33-28(26)19-24/h3-15,18-19,29,32-33,35H,16-17,20-21H2,1-2H3. The van der Waals surface area contributed by atoms with Crippen molar-refractivity contribution >= 4 is 31.8 Å². The first kappa shape index (κ1) is 27.7. The monoisotopic (exact) mass is 559 g/mol. The van der Waals surface area contributed by atoms with Gasteiger partial charge in [0.05, 0.1) is 11.6 Å². The molecule has 5 rings (SSSR count). The molecule has 3 N–H and O–H groups in total. The summed E-state index contributed by atoms with van der Waals surface area (Å²) in [5.74, 6) is 0.993. The van der Waals surface area contributed by atoms with Crippen molar-refractivity contribution in [2.75, 3.05) is 33.8 Å². The first-order chi connectivity index (χ1) is 19.3. The van der Waals surface area contributed by atoms with E-state index in [9.17, 15) is 13.5 Å². The van der Waals surface area contributed by atoms with Gasteiger partial charge in [-0.3, -0.25) is 0 Å². The van der Waals surface area contributed by atoms with E-state index >= 15 is 0 Å².